The minimum absolute atomic E-state index is 0.264. The summed E-state index contributed by atoms with van der Waals surface area (Å²) in [6.45, 7) is -0.0569. The van der Waals surface area contributed by atoms with Crippen LogP contribution in [0, 0.1) is 0 Å². The second kappa shape index (κ2) is 7.61. The highest BCUT2D eigenvalue weighted by atomic mass is 32.1. The Morgan fingerprint density at radius 3 is 2.67 bits per heavy atom. The molecule has 0 fully saturated rings. The first-order valence-electron chi connectivity index (χ1n) is 7.32. The van der Waals surface area contributed by atoms with Gasteiger partial charge >= 0.3 is 5.97 Å². The number of hydrogen-bond acceptors (Lipinski definition) is 5. The molecule has 0 saturated carbocycles. The molecule has 3 rings (SSSR count). The van der Waals surface area contributed by atoms with Crippen LogP contribution in [0.5, 0.6) is 0 Å². The van der Waals surface area contributed by atoms with Gasteiger partial charge in [-0.2, -0.15) is 0 Å². The fourth-order valence-corrected chi connectivity index (χ4v) is 2.89. The number of furan rings is 1. The molecule has 3 aromatic rings. The van der Waals surface area contributed by atoms with Gasteiger partial charge in [-0.15, -0.1) is 11.3 Å². The van der Waals surface area contributed by atoms with Gasteiger partial charge < -0.3 is 14.5 Å². The van der Waals surface area contributed by atoms with E-state index in [4.69, 9.17) is 9.15 Å². The molecule has 0 radical (unpaired) electrons. The molecule has 5 nitrogen and oxygen atoms in total. The Labute approximate surface area is 142 Å². The first-order chi connectivity index (χ1) is 11.7. The van der Waals surface area contributed by atoms with E-state index in [1.165, 1.54) is 17.6 Å². The van der Waals surface area contributed by atoms with Gasteiger partial charge in [-0.25, -0.2) is 4.79 Å². The van der Waals surface area contributed by atoms with Crippen molar-refractivity contribution < 1.29 is 18.7 Å². The van der Waals surface area contributed by atoms with Gasteiger partial charge in [0.1, 0.15) is 10.6 Å². The Balaban J connectivity index is 1.50. The molecule has 0 saturated heterocycles. The maximum atomic E-state index is 12.0. The van der Waals surface area contributed by atoms with E-state index in [1.54, 1.807) is 18.2 Å². The number of rotatable bonds is 6. The van der Waals surface area contributed by atoms with Gasteiger partial charge in [0.2, 0.25) is 0 Å². The summed E-state index contributed by atoms with van der Waals surface area (Å²) in [6, 6.07) is 15.0. The van der Waals surface area contributed by atoms with Gasteiger partial charge in [0, 0.05) is 0 Å². The van der Waals surface area contributed by atoms with Gasteiger partial charge in [0.25, 0.3) is 5.91 Å². The molecule has 1 amide bonds. The molecule has 122 valence electrons. The third kappa shape index (κ3) is 4.11. The molecule has 0 bridgehead atoms. The largest absolute Gasteiger partial charge is 0.467 e. The Kier molecular flexibility index (Phi) is 5.08. The molecule has 0 aliphatic heterocycles. The summed E-state index contributed by atoms with van der Waals surface area (Å²) in [5, 5.41) is 4.51. The Morgan fingerprint density at radius 1 is 1.08 bits per heavy atom. The highest BCUT2D eigenvalue weighted by Crippen LogP contribution is 2.25. The van der Waals surface area contributed by atoms with Gasteiger partial charge in [0.15, 0.2) is 6.61 Å². The van der Waals surface area contributed by atoms with Crippen LogP contribution in [0.2, 0.25) is 0 Å². The summed E-state index contributed by atoms with van der Waals surface area (Å²) in [4.78, 5) is 24.2. The third-order valence-corrected chi connectivity index (χ3v) is 4.19. The summed E-state index contributed by atoms with van der Waals surface area (Å²) in [5.74, 6) is -0.240. The smallest absolute Gasteiger partial charge is 0.348 e. The van der Waals surface area contributed by atoms with Crippen molar-refractivity contribution >= 4 is 23.2 Å². The molecule has 0 spiro atoms. The Hall–Kier alpha value is -2.86. The Bertz CT molecular complexity index is 809. The predicted molar refractivity (Wildman–Crippen MR) is 90.6 cm³/mol. The van der Waals surface area contributed by atoms with Crippen molar-refractivity contribution in [3.8, 4) is 11.1 Å². The molecule has 2 aromatic heterocycles. The van der Waals surface area contributed by atoms with Gasteiger partial charge in [-0.1, -0.05) is 30.3 Å². The number of carbonyl (C=O) groups is 2. The predicted octanol–water partition coefficient (Wildman–Crippen LogP) is 3.48. The fourth-order valence-electron chi connectivity index (χ4n) is 2.08. The van der Waals surface area contributed by atoms with Crippen molar-refractivity contribution in [1.29, 1.82) is 0 Å². The zero-order valence-electron chi connectivity index (χ0n) is 12.7. The normalized spacial score (nSPS) is 10.3. The van der Waals surface area contributed by atoms with Crippen LogP contribution in [0.25, 0.3) is 11.1 Å². The number of carbonyl (C=O) groups excluding carboxylic acids is 2. The van der Waals surface area contributed by atoms with Crippen molar-refractivity contribution in [2.24, 2.45) is 0 Å². The van der Waals surface area contributed by atoms with Crippen LogP contribution in [-0.4, -0.2) is 18.5 Å². The molecule has 0 unspecified atom stereocenters. The van der Waals surface area contributed by atoms with Crippen molar-refractivity contribution in [3.05, 3.63) is 70.8 Å². The standard InChI is InChI=1S/C18H15NO4S/c20-17(19-10-15-7-4-8-22-15)11-23-18(21)16-9-14(12-24-16)13-5-2-1-3-6-13/h1-9,12H,10-11H2,(H,19,20). The molecule has 1 N–H and O–H groups in total. The van der Waals surface area contributed by atoms with E-state index < -0.39 is 5.97 Å². The van der Waals surface area contributed by atoms with Crippen molar-refractivity contribution in [2.75, 3.05) is 6.61 Å². The van der Waals surface area contributed by atoms with Crippen LogP contribution in [0.3, 0.4) is 0 Å². The van der Waals surface area contributed by atoms with E-state index >= 15 is 0 Å². The molecule has 0 aliphatic rings. The molecule has 1 aromatic carbocycles. The number of hydrogen-bond donors (Lipinski definition) is 1. The fraction of sp³-hybridized carbons (Fsp3) is 0.111. The van der Waals surface area contributed by atoms with Crippen LogP contribution in [0.15, 0.2) is 64.6 Å². The zero-order chi connectivity index (χ0) is 16.8. The molecular weight excluding hydrogens is 326 g/mol. The quantitative estimate of drug-likeness (QED) is 0.697. The van der Waals surface area contributed by atoms with Gasteiger partial charge in [-0.3, -0.25) is 4.79 Å². The van der Waals surface area contributed by atoms with Crippen LogP contribution in [0.1, 0.15) is 15.4 Å². The lowest BCUT2D eigenvalue weighted by molar-refractivity contribution is -0.124. The highest BCUT2D eigenvalue weighted by Gasteiger charge is 2.13. The average Bonchev–Trinajstić information content (AvgIpc) is 3.30. The summed E-state index contributed by atoms with van der Waals surface area (Å²) < 4.78 is 10.1. The van der Waals surface area contributed by atoms with Crippen LogP contribution < -0.4 is 5.32 Å². The van der Waals surface area contributed by atoms with Crippen LogP contribution >= 0.6 is 11.3 Å². The maximum absolute atomic E-state index is 12.0. The first kappa shape index (κ1) is 16.0. The minimum atomic E-state index is -0.504. The van der Waals surface area contributed by atoms with Crippen molar-refractivity contribution in [3.63, 3.8) is 0 Å². The SMILES string of the molecule is O=C(COC(=O)c1cc(-c2ccccc2)cs1)NCc1ccco1. The Morgan fingerprint density at radius 2 is 1.92 bits per heavy atom. The third-order valence-electron chi connectivity index (χ3n) is 3.28. The van der Waals surface area contributed by atoms with E-state index in [-0.39, 0.29) is 19.1 Å². The molecule has 0 aliphatic carbocycles. The van der Waals surface area contributed by atoms with E-state index in [0.717, 1.165) is 11.1 Å². The second-order valence-electron chi connectivity index (χ2n) is 5.00. The van der Waals surface area contributed by atoms with Gasteiger partial charge in [-0.05, 0) is 34.7 Å². The molecule has 0 atom stereocenters. The van der Waals surface area contributed by atoms with E-state index in [2.05, 4.69) is 5.32 Å². The molecule has 6 heteroatoms. The van der Waals surface area contributed by atoms with Crippen LogP contribution in [-0.2, 0) is 16.1 Å². The molecule has 2 heterocycles. The van der Waals surface area contributed by atoms with Crippen molar-refractivity contribution in [1.82, 2.24) is 5.32 Å². The topological polar surface area (TPSA) is 68.5 Å². The van der Waals surface area contributed by atoms with E-state index in [9.17, 15) is 9.59 Å². The molecular formula is C18H15NO4S. The number of ether oxygens (including phenoxy) is 1. The lowest BCUT2D eigenvalue weighted by Gasteiger charge is -2.04. The maximum Gasteiger partial charge on any atom is 0.348 e. The van der Waals surface area contributed by atoms with Gasteiger partial charge in [0.05, 0.1) is 12.8 Å². The summed E-state index contributed by atoms with van der Waals surface area (Å²) in [6.07, 6.45) is 1.53. The number of amides is 1. The summed E-state index contributed by atoms with van der Waals surface area (Å²) >= 11 is 1.29. The minimum Gasteiger partial charge on any atom is -0.467 e. The monoisotopic (exact) mass is 341 g/mol. The number of thiophene rings is 1. The van der Waals surface area contributed by atoms with Crippen LogP contribution in [0.4, 0.5) is 0 Å². The van der Waals surface area contributed by atoms with E-state index in [0.29, 0.717) is 10.6 Å². The van der Waals surface area contributed by atoms with Crippen molar-refractivity contribution in [2.45, 2.75) is 6.54 Å². The molecule has 24 heavy (non-hydrogen) atoms. The summed E-state index contributed by atoms with van der Waals surface area (Å²) in [5.41, 5.74) is 1.99. The zero-order valence-corrected chi connectivity index (χ0v) is 13.5. The number of benzene rings is 1. The second-order valence-corrected chi connectivity index (χ2v) is 5.91. The summed E-state index contributed by atoms with van der Waals surface area (Å²) in [7, 11) is 0. The lowest BCUT2D eigenvalue weighted by Crippen LogP contribution is -2.28. The number of nitrogens with one attached hydrogen (secondary N) is 1. The average molecular weight is 341 g/mol. The number of esters is 1. The van der Waals surface area contributed by atoms with E-state index in [1.807, 2.05) is 35.7 Å². The first-order valence-corrected chi connectivity index (χ1v) is 8.20. The lowest BCUT2D eigenvalue weighted by atomic mass is 10.1. The highest BCUT2D eigenvalue weighted by molar-refractivity contribution is 7.12.